The van der Waals surface area contributed by atoms with Crippen molar-refractivity contribution in [3.05, 3.63) is 65.7 Å². The largest absolute Gasteiger partial charge is 0.492 e. The van der Waals surface area contributed by atoms with E-state index < -0.39 is 0 Å². The molecule has 30 heavy (non-hydrogen) atoms. The Labute approximate surface area is 197 Å². The summed E-state index contributed by atoms with van der Waals surface area (Å²) in [7, 11) is 1.79. The number of halogens is 1. The molecule has 2 aromatic carbocycles. The lowest BCUT2D eigenvalue weighted by Crippen LogP contribution is -2.46. The van der Waals surface area contributed by atoms with Gasteiger partial charge in [-0.15, -0.1) is 24.0 Å². The maximum absolute atomic E-state index is 5.73. The number of aliphatic imine (C=N–C) groups is 1. The number of benzene rings is 2. The highest BCUT2D eigenvalue weighted by Crippen LogP contribution is 2.21. The molecule has 1 atom stereocenters. The third-order valence-corrected chi connectivity index (χ3v) is 5.04. The third-order valence-electron chi connectivity index (χ3n) is 5.04. The van der Waals surface area contributed by atoms with Gasteiger partial charge in [0.1, 0.15) is 12.4 Å². The van der Waals surface area contributed by atoms with Crippen molar-refractivity contribution in [2.24, 2.45) is 4.99 Å². The fraction of sp³-hybridized carbons (Fsp3) is 0.435. The van der Waals surface area contributed by atoms with Crippen molar-refractivity contribution in [2.75, 3.05) is 53.0 Å². The van der Waals surface area contributed by atoms with E-state index >= 15 is 0 Å². The summed E-state index contributed by atoms with van der Waals surface area (Å²) in [5.74, 6) is 1.66. The van der Waals surface area contributed by atoms with Crippen LogP contribution in [0.3, 0.4) is 0 Å². The lowest BCUT2D eigenvalue weighted by molar-refractivity contribution is 0.0170. The second-order valence-electron chi connectivity index (χ2n) is 7.12. The fourth-order valence-corrected chi connectivity index (χ4v) is 3.40. The molecule has 7 heteroatoms. The summed E-state index contributed by atoms with van der Waals surface area (Å²) in [4.78, 5) is 6.83. The Kier molecular flexibility index (Phi) is 11.0. The SMILES string of the molecule is CN=C(NCCOc1ccccc1)NCC(c1ccc(C)cc1)N1CCOCC1.I. The third kappa shape index (κ3) is 7.77. The number of nitrogens with zero attached hydrogens (tertiary/aromatic N) is 2. The van der Waals surface area contributed by atoms with Crippen molar-refractivity contribution in [1.82, 2.24) is 15.5 Å². The summed E-state index contributed by atoms with van der Waals surface area (Å²) in [6.45, 7) is 7.61. The molecule has 1 fully saturated rings. The Morgan fingerprint density at radius 3 is 2.43 bits per heavy atom. The summed E-state index contributed by atoms with van der Waals surface area (Å²) in [5, 5.41) is 6.81. The zero-order valence-electron chi connectivity index (χ0n) is 17.8. The van der Waals surface area contributed by atoms with Gasteiger partial charge in [0.15, 0.2) is 5.96 Å². The molecule has 0 aromatic heterocycles. The van der Waals surface area contributed by atoms with Crippen molar-refractivity contribution in [3.8, 4) is 5.75 Å². The van der Waals surface area contributed by atoms with Gasteiger partial charge < -0.3 is 20.1 Å². The van der Waals surface area contributed by atoms with E-state index in [9.17, 15) is 0 Å². The van der Waals surface area contributed by atoms with Crippen LogP contribution >= 0.6 is 24.0 Å². The Morgan fingerprint density at radius 1 is 1.07 bits per heavy atom. The van der Waals surface area contributed by atoms with Gasteiger partial charge in [0.05, 0.1) is 25.8 Å². The van der Waals surface area contributed by atoms with E-state index in [-0.39, 0.29) is 30.0 Å². The molecule has 0 amide bonds. The number of hydrogen-bond donors (Lipinski definition) is 2. The second kappa shape index (κ2) is 13.5. The van der Waals surface area contributed by atoms with Gasteiger partial charge in [-0.3, -0.25) is 9.89 Å². The molecule has 0 saturated carbocycles. The molecular weight excluding hydrogens is 491 g/mol. The number of morpholine rings is 1. The number of para-hydroxylation sites is 1. The first-order valence-corrected chi connectivity index (χ1v) is 10.3. The van der Waals surface area contributed by atoms with Crippen molar-refractivity contribution in [2.45, 2.75) is 13.0 Å². The maximum atomic E-state index is 5.73. The van der Waals surface area contributed by atoms with Crippen LogP contribution in [-0.4, -0.2) is 63.9 Å². The van der Waals surface area contributed by atoms with Crippen molar-refractivity contribution in [1.29, 1.82) is 0 Å². The zero-order chi connectivity index (χ0) is 20.3. The molecule has 2 N–H and O–H groups in total. The Bertz CT molecular complexity index is 750. The van der Waals surface area contributed by atoms with E-state index in [4.69, 9.17) is 9.47 Å². The number of nitrogens with one attached hydrogen (secondary N) is 2. The number of ether oxygens (including phenoxy) is 2. The number of hydrogen-bond acceptors (Lipinski definition) is 4. The number of aryl methyl sites for hydroxylation is 1. The first kappa shape index (κ1) is 24.4. The first-order valence-electron chi connectivity index (χ1n) is 10.3. The minimum atomic E-state index is 0. The van der Waals surface area contributed by atoms with Gasteiger partial charge in [0, 0.05) is 26.7 Å². The van der Waals surface area contributed by atoms with E-state index in [2.05, 4.69) is 51.7 Å². The molecule has 3 rings (SSSR count). The van der Waals surface area contributed by atoms with E-state index in [0.29, 0.717) is 13.2 Å². The molecule has 1 aliphatic heterocycles. The molecule has 0 aliphatic carbocycles. The van der Waals surface area contributed by atoms with Crippen LogP contribution in [0, 0.1) is 6.92 Å². The van der Waals surface area contributed by atoms with Crippen molar-refractivity contribution >= 4 is 29.9 Å². The standard InChI is InChI=1S/C23H32N4O2.HI/c1-19-8-10-20(11-9-19)22(27-13-16-28-17-14-27)18-26-23(24-2)25-12-15-29-21-6-4-3-5-7-21;/h3-11,22H,12-18H2,1-2H3,(H2,24,25,26);1H. The zero-order valence-corrected chi connectivity index (χ0v) is 20.2. The molecular formula is C23H33IN4O2. The molecule has 1 saturated heterocycles. The molecule has 164 valence electrons. The van der Waals surface area contributed by atoms with Crippen molar-refractivity contribution in [3.63, 3.8) is 0 Å². The van der Waals surface area contributed by atoms with Crippen LogP contribution < -0.4 is 15.4 Å². The van der Waals surface area contributed by atoms with Gasteiger partial charge in [-0.1, -0.05) is 48.0 Å². The van der Waals surface area contributed by atoms with Gasteiger partial charge in [0.25, 0.3) is 0 Å². The van der Waals surface area contributed by atoms with E-state index in [0.717, 1.165) is 44.6 Å². The predicted octanol–water partition coefficient (Wildman–Crippen LogP) is 3.23. The Balaban J connectivity index is 0.00000320. The van der Waals surface area contributed by atoms with Crippen LogP contribution in [0.2, 0.25) is 0 Å². The second-order valence-corrected chi connectivity index (χ2v) is 7.12. The summed E-state index contributed by atoms with van der Waals surface area (Å²) in [6, 6.07) is 18.9. The Hall–Kier alpha value is -1.84. The van der Waals surface area contributed by atoms with Crippen LogP contribution in [0.4, 0.5) is 0 Å². The van der Waals surface area contributed by atoms with Gasteiger partial charge >= 0.3 is 0 Å². The average Bonchev–Trinajstić information content (AvgIpc) is 2.78. The monoisotopic (exact) mass is 524 g/mol. The summed E-state index contributed by atoms with van der Waals surface area (Å²) < 4.78 is 11.3. The van der Waals surface area contributed by atoms with Crippen LogP contribution in [-0.2, 0) is 4.74 Å². The molecule has 1 unspecified atom stereocenters. The molecule has 0 bridgehead atoms. The van der Waals surface area contributed by atoms with Gasteiger partial charge in [-0.05, 0) is 24.6 Å². The highest BCUT2D eigenvalue weighted by atomic mass is 127. The van der Waals surface area contributed by atoms with Crippen LogP contribution in [0.5, 0.6) is 5.75 Å². The van der Waals surface area contributed by atoms with E-state index in [1.807, 2.05) is 30.3 Å². The molecule has 2 aromatic rings. The normalized spacial score (nSPS) is 15.7. The van der Waals surface area contributed by atoms with Crippen LogP contribution in [0.15, 0.2) is 59.6 Å². The quantitative estimate of drug-likeness (QED) is 0.241. The maximum Gasteiger partial charge on any atom is 0.191 e. The smallest absolute Gasteiger partial charge is 0.191 e. The summed E-state index contributed by atoms with van der Waals surface area (Å²) in [6.07, 6.45) is 0. The highest BCUT2D eigenvalue weighted by molar-refractivity contribution is 14.0. The molecule has 1 aliphatic rings. The lowest BCUT2D eigenvalue weighted by Gasteiger charge is -2.35. The van der Waals surface area contributed by atoms with Gasteiger partial charge in [0.2, 0.25) is 0 Å². The molecule has 0 spiro atoms. The van der Waals surface area contributed by atoms with Gasteiger partial charge in [-0.25, -0.2) is 0 Å². The average molecular weight is 524 g/mol. The molecule has 0 radical (unpaired) electrons. The molecule has 1 heterocycles. The number of rotatable bonds is 8. The fourth-order valence-electron chi connectivity index (χ4n) is 3.40. The van der Waals surface area contributed by atoms with E-state index in [1.165, 1.54) is 11.1 Å². The van der Waals surface area contributed by atoms with Crippen LogP contribution in [0.25, 0.3) is 0 Å². The van der Waals surface area contributed by atoms with Crippen molar-refractivity contribution < 1.29 is 9.47 Å². The summed E-state index contributed by atoms with van der Waals surface area (Å²) >= 11 is 0. The minimum absolute atomic E-state index is 0. The molecule has 6 nitrogen and oxygen atoms in total. The topological polar surface area (TPSA) is 58.1 Å². The van der Waals surface area contributed by atoms with E-state index in [1.54, 1.807) is 7.05 Å². The highest BCUT2D eigenvalue weighted by Gasteiger charge is 2.22. The van der Waals surface area contributed by atoms with Gasteiger partial charge in [-0.2, -0.15) is 0 Å². The number of guanidine groups is 1. The summed E-state index contributed by atoms with van der Waals surface area (Å²) in [5.41, 5.74) is 2.59. The first-order chi connectivity index (χ1) is 14.3. The lowest BCUT2D eigenvalue weighted by atomic mass is 10.0. The minimum Gasteiger partial charge on any atom is -0.492 e. The Morgan fingerprint density at radius 2 is 1.77 bits per heavy atom. The predicted molar refractivity (Wildman–Crippen MR) is 133 cm³/mol. The van der Waals surface area contributed by atoms with Crippen LogP contribution in [0.1, 0.15) is 17.2 Å².